The Morgan fingerprint density at radius 2 is 2.00 bits per heavy atom. The van der Waals surface area contributed by atoms with E-state index in [1.54, 1.807) is 11.8 Å². The number of hydrogen-bond acceptors (Lipinski definition) is 3. The molecule has 25 heavy (non-hydrogen) atoms. The molecule has 2 aromatic rings. The van der Waals surface area contributed by atoms with Crippen molar-refractivity contribution < 1.29 is 14.0 Å². The highest BCUT2D eigenvalue weighted by Crippen LogP contribution is 2.15. The molecule has 1 aliphatic heterocycles. The maximum absolute atomic E-state index is 13.6. The Morgan fingerprint density at radius 3 is 2.72 bits per heavy atom. The fourth-order valence-corrected chi connectivity index (χ4v) is 3.14. The molecular weight excluding hydrogens is 325 g/mol. The number of nitrogens with one attached hydrogen (secondary N) is 2. The van der Waals surface area contributed by atoms with Crippen LogP contribution in [0.5, 0.6) is 0 Å². The van der Waals surface area contributed by atoms with Crippen LogP contribution in [0.4, 0.5) is 4.39 Å². The summed E-state index contributed by atoms with van der Waals surface area (Å²) in [5.41, 5.74) is 0.480. The minimum absolute atomic E-state index is 0.00270. The van der Waals surface area contributed by atoms with Gasteiger partial charge in [0, 0.05) is 37.6 Å². The molecule has 0 radical (unpaired) electrons. The van der Waals surface area contributed by atoms with Crippen molar-refractivity contribution in [1.82, 2.24) is 15.2 Å². The number of amides is 2. The fraction of sp³-hybridized carbons (Fsp3) is 0.389. The molecule has 2 amide bonds. The Labute approximate surface area is 144 Å². The van der Waals surface area contributed by atoms with Gasteiger partial charge in [-0.25, -0.2) is 4.39 Å². The van der Waals surface area contributed by atoms with Crippen molar-refractivity contribution in [1.29, 1.82) is 0 Å². The number of pyridine rings is 1. The van der Waals surface area contributed by atoms with E-state index < -0.39 is 17.2 Å². The first-order valence-electron chi connectivity index (χ1n) is 8.35. The molecule has 0 spiro atoms. The first kappa shape index (κ1) is 17.1. The average molecular weight is 345 g/mol. The van der Waals surface area contributed by atoms with Crippen molar-refractivity contribution >= 4 is 22.7 Å². The monoisotopic (exact) mass is 345 g/mol. The van der Waals surface area contributed by atoms with Crippen LogP contribution < -0.4 is 10.7 Å². The Kier molecular flexibility index (Phi) is 4.83. The molecule has 1 aromatic heterocycles. The highest BCUT2D eigenvalue weighted by Gasteiger charge is 2.18. The molecule has 0 saturated carbocycles. The molecule has 0 atom stereocenters. The minimum Gasteiger partial charge on any atom is -0.360 e. The van der Waals surface area contributed by atoms with Gasteiger partial charge in [-0.05, 0) is 37.5 Å². The van der Waals surface area contributed by atoms with Gasteiger partial charge in [0.25, 0.3) is 5.91 Å². The van der Waals surface area contributed by atoms with Crippen LogP contribution in [-0.2, 0) is 4.79 Å². The Bertz CT molecular complexity index is 885. The third kappa shape index (κ3) is 3.55. The van der Waals surface area contributed by atoms with Gasteiger partial charge >= 0.3 is 0 Å². The number of rotatable bonds is 4. The van der Waals surface area contributed by atoms with E-state index >= 15 is 0 Å². The van der Waals surface area contributed by atoms with Crippen LogP contribution in [0, 0.1) is 12.7 Å². The maximum atomic E-state index is 13.6. The largest absolute Gasteiger partial charge is 0.360 e. The van der Waals surface area contributed by atoms with Gasteiger partial charge in [0.05, 0.1) is 5.52 Å². The lowest BCUT2D eigenvalue weighted by atomic mass is 10.1. The Hall–Kier alpha value is -2.70. The number of hydrogen-bond donors (Lipinski definition) is 2. The van der Waals surface area contributed by atoms with Gasteiger partial charge in [-0.3, -0.25) is 14.4 Å². The van der Waals surface area contributed by atoms with Crippen molar-refractivity contribution in [2.75, 3.05) is 19.6 Å². The first-order chi connectivity index (χ1) is 12.0. The van der Waals surface area contributed by atoms with E-state index in [-0.39, 0.29) is 29.8 Å². The maximum Gasteiger partial charge on any atom is 0.256 e. The zero-order chi connectivity index (χ0) is 18.0. The first-order valence-corrected chi connectivity index (χ1v) is 8.35. The second kappa shape index (κ2) is 7.04. The summed E-state index contributed by atoms with van der Waals surface area (Å²) in [6.07, 6.45) is 3.55. The molecule has 132 valence electrons. The van der Waals surface area contributed by atoms with Gasteiger partial charge < -0.3 is 15.2 Å². The van der Waals surface area contributed by atoms with Crippen LogP contribution in [0.15, 0.2) is 23.1 Å². The third-order valence-electron chi connectivity index (χ3n) is 4.48. The number of aryl methyl sites for hydroxylation is 1. The van der Waals surface area contributed by atoms with Crippen LogP contribution >= 0.6 is 0 Å². The molecule has 1 saturated heterocycles. The molecule has 3 rings (SSSR count). The molecule has 6 nitrogen and oxygen atoms in total. The van der Waals surface area contributed by atoms with Gasteiger partial charge in [0.2, 0.25) is 11.3 Å². The van der Waals surface area contributed by atoms with Crippen molar-refractivity contribution in [3.63, 3.8) is 0 Å². The normalized spacial score (nSPS) is 14.1. The summed E-state index contributed by atoms with van der Waals surface area (Å²) in [5.74, 6) is -1.09. The summed E-state index contributed by atoms with van der Waals surface area (Å²) in [6.45, 7) is 3.38. The summed E-state index contributed by atoms with van der Waals surface area (Å²) in [5, 5.41) is 2.73. The number of carbonyl (C=O) groups excluding carboxylic acids is 2. The number of aromatic amines is 1. The van der Waals surface area contributed by atoms with Crippen LogP contribution in [-0.4, -0.2) is 41.3 Å². The fourth-order valence-electron chi connectivity index (χ4n) is 3.14. The van der Waals surface area contributed by atoms with E-state index in [2.05, 4.69) is 10.3 Å². The number of aromatic nitrogens is 1. The van der Waals surface area contributed by atoms with Crippen molar-refractivity contribution in [3.05, 3.63) is 45.5 Å². The van der Waals surface area contributed by atoms with Gasteiger partial charge in [0.15, 0.2) is 0 Å². The predicted octanol–water partition coefficient (Wildman–Crippen LogP) is 1.72. The highest BCUT2D eigenvalue weighted by atomic mass is 19.1. The number of halogens is 1. The van der Waals surface area contributed by atoms with E-state index in [4.69, 9.17) is 0 Å². The van der Waals surface area contributed by atoms with Crippen molar-refractivity contribution in [3.8, 4) is 0 Å². The molecule has 0 bridgehead atoms. The number of carbonyl (C=O) groups is 2. The zero-order valence-corrected chi connectivity index (χ0v) is 14.0. The number of H-pyrrole nitrogens is 1. The highest BCUT2D eigenvalue weighted by molar-refractivity contribution is 5.97. The standard InChI is InChI=1S/C18H20FN3O3/c1-11-8-12(19)9-13-16(11)21-10-14(17(13)24)18(25)20-5-4-15(23)22-6-2-3-7-22/h8-10H,2-7H2,1H3,(H,20,25)(H,21,24). The Morgan fingerprint density at radius 1 is 1.28 bits per heavy atom. The van der Waals surface area contributed by atoms with Crippen molar-refractivity contribution in [2.45, 2.75) is 26.2 Å². The SMILES string of the molecule is Cc1cc(F)cc2c(=O)c(C(=O)NCCC(=O)N3CCCC3)c[nH]c12. The lowest BCUT2D eigenvalue weighted by Crippen LogP contribution is -2.34. The second-order valence-electron chi connectivity index (χ2n) is 6.27. The van der Waals surface area contributed by atoms with Crippen LogP contribution in [0.3, 0.4) is 0 Å². The van der Waals surface area contributed by atoms with Gasteiger partial charge in [-0.2, -0.15) is 0 Å². The molecule has 2 heterocycles. The van der Waals surface area contributed by atoms with Gasteiger partial charge in [-0.15, -0.1) is 0 Å². The quantitative estimate of drug-likeness (QED) is 0.885. The van der Waals surface area contributed by atoms with E-state index in [9.17, 15) is 18.8 Å². The van der Waals surface area contributed by atoms with Gasteiger partial charge in [-0.1, -0.05) is 0 Å². The Balaban J connectivity index is 1.71. The summed E-state index contributed by atoms with van der Waals surface area (Å²) in [4.78, 5) is 41.3. The number of fused-ring (bicyclic) bond motifs is 1. The lowest BCUT2D eigenvalue weighted by molar-refractivity contribution is -0.129. The summed E-state index contributed by atoms with van der Waals surface area (Å²) < 4.78 is 13.6. The molecule has 1 aromatic carbocycles. The number of likely N-dealkylation sites (tertiary alicyclic amines) is 1. The van der Waals surface area contributed by atoms with Crippen LogP contribution in [0.1, 0.15) is 35.2 Å². The van der Waals surface area contributed by atoms with Crippen LogP contribution in [0.25, 0.3) is 10.9 Å². The van der Waals surface area contributed by atoms with E-state index in [0.29, 0.717) is 11.1 Å². The van der Waals surface area contributed by atoms with Gasteiger partial charge in [0.1, 0.15) is 11.4 Å². The number of benzene rings is 1. The smallest absolute Gasteiger partial charge is 0.256 e. The molecular formula is C18H20FN3O3. The summed E-state index contributed by atoms with van der Waals surface area (Å²) >= 11 is 0. The summed E-state index contributed by atoms with van der Waals surface area (Å²) in [6, 6.07) is 2.44. The molecule has 0 aliphatic carbocycles. The third-order valence-corrected chi connectivity index (χ3v) is 4.48. The van der Waals surface area contributed by atoms with Crippen molar-refractivity contribution in [2.24, 2.45) is 0 Å². The molecule has 1 fully saturated rings. The topological polar surface area (TPSA) is 82.3 Å². The van der Waals surface area contributed by atoms with Crippen LogP contribution in [0.2, 0.25) is 0 Å². The lowest BCUT2D eigenvalue weighted by Gasteiger charge is -2.15. The number of nitrogens with zero attached hydrogens (tertiary/aromatic N) is 1. The van der Waals surface area contributed by atoms with E-state index in [0.717, 1.165) is 32.0 Å². The summed E-state index contributed by atoms with van der Waals surface area (Å²) in [7, 11) is 0. The van der Waals surface area contributed by atoms with E-state index in [1.165, 1.54) is 12.3 Å². The average Bonchev–Trinajstić information content (AvgIpc) is 3.10. The predicted molar refractivity (Wildman–Crippen MR) is 92.0 cm³/mol. The molecule has 7 heteroatoms. The second-order valence-corrected chi connectivity index (χ2v) is 6.27. The van der Waals surface area contributed by atoms with E-state index in [1.807, 2.05) is 0 Å². The zero-order valence-electron chi connectivity index (χ0n) is 14.0. The molecule has 1 aliphatic rings. The minimum atomic E-state index is -0.570. The molecule has 2 N–H and O–H groups in total. The molecule has 0 unspecified atom stereocenters.